The highest BCUT2D eigenvalue weighted by Crippen LogP contribution is 2.30. The highest BCUT2D eigenvalue weighted by Gasteiger charge is 2.23. The zero-order valence-electron chi connectivity index (χ0n) is 12.2. The van der Waals surface area contributed by atoms with E-state index in [2.05, 4.69) is 10.3 Å². The van der Waals surface area contributed by atoms with Crippen LogP contribution in [0.4, 0.5) is 5.69 Å². The van der Waals surface area contributed by atoms with E-state index in [-0.39, 0.29) is 11.5 Å². The Morgan fingerprint density at radius 3 is 2.54 bits per heavy atom. The maximum Gasteiger partial charge on any atom is 0.264 e. The van der Waals surface area contributed by atoms with Gasteiger partial charge in [0.25, 0.3) is 5.91 Å². The van der Waals surface area contributed by atoms with E-state index in [4.69, 9.17) is 11.6 Å². The Hall–Kier alpha value is -2.57. The Bertz CT molecular complexity index is 876. The van der Waals surface area contributed by atoms with Gasteiger partial charge < -0.3 is 15.2 Å². The standard InChI is InChI=1S/C17H11ClN2O3S/c18-12-3-1-2-4-13(12)19-17-20-15(21)14(24-17)9-10-5-7-11(8-6-10)16(22)23/h1-9H,(H,22,23)(H,19,20,21)/p-1/b14-9-. The molecule has 3 rings (SSSR count). The number of nitrogens with one attached hydrogen (secondary N) is 1. The van der Waals surface area contributed by atoms with Gasteiger partial charge in [0.1, 0.15) is 0 Å². The predicted octanol–water partition coefficient (Wildman–Crippen LogP) is 2.60. The van der Waals surface area contributed by atoms with E-state index in [1.165, 1.54) is 23.9 Å². The SMILES string of the molecule is O=C1NC(=Nc2ccccc2Cl)S/C1=C\c1ccc(C(=O)[O-])cc1. The Morgan fingerprint density at radius 2 is 1.88 bits per heavy atom. The van der Waals surface area contributed by atoms with Crippen molar-refractivity contribution in [3.63, 3.8) is 0 Å². The molecule has 1 heterocycles. The van der Waals surface area contributed by atoms with E-state index in [9.17, 15) is 14.7 Å². The highest BCUT2D eigenvalue weighted by atomic mass is 35.5. The van der Waals surface area contributed by atoms with Crippen LogP contribution in [0, 0.1) is 0 Å². The molecule has 0 spiro atoms. The first-order valence-electron chi connectivity index (χ1n) is 6.88. The third-order valence-electron chi connectivity index (χ3n) is 3.17. The van der Waals surface area contributed by atoms with Crippen molar-refractivity contribution in [3.8, 4) is 0 Å². The van der Waals surface area contributed by atoms with Gasteiger partial charge in [0.05, 0.1) is 21.6 Å². The first-order chi connectivity index (χ1) is 11.5. The largest absolute Gasteiger partial charge is 0.545 e. The lowest BCUT2D eigenvalue weighted by atomic mass is 10.1. The quantitative estimate of drug-likeness (QED) is 0.856. The topological polar surface area (TPSA) is 81.6 Å². The number of carboxylic acid groups (broad SMARTS) is 1. The number of amidine groups is 1. The van der Waals surface area contributed by atoms with E-state index in [1.807, 2.05) is 6.07 Å². The fraction of sp³-hybridized carbons (Fsp3) is 0. The first-order valence-corrected chi connectivity index (χ1v) is 8.08. The number of amides is 1. The van der Waals surface area contributed by atoms with Gasteiger partial charge in [0, 0.05) is 0 Å². The van der Waals surface area contributed by atoms with Gasteiger partial charge in [-0.2, -0.15) is 0 Å². The molecule has 1 saturated heterocycles. The van der Waals surface area contributed by atoms with Crippen molar-refractivity contribution in [3.05, 3.63) is 69.6 Å². The lowest BCUT2D eigenvalue weighted by Crippen LogP contribution is -2.21. The van der Waals surface area contributed by atoms with Crippen molar-refractivity contribution >= 4 is 52.2 Å². The van der Waals surface area contributed by atoms with Gasteiger partial charge in [-0.25, -0.2) is 4.99 Å². The van der Waals surface area contributed by atoms with Crippen molar-refractivity contribution in [2.75, 3.05) is 0 Å². The van der Waals surface area contributed by atoms with Crippen LogP contribution in [0.25, 0.3) is 6.08 Å². The van der Waals surface area contributed by atoms with E-state index in [0.29, 0.717) is 26.3 Å². The van der Waals surface area contributed by atoms with E-state index < -0.39 is 5.97 Å². The molecule has 0 saturated carbocycles. The fourth-order valence-corrected chi connectivity index (χ4v) is 3.01. The summed E-state index contributed by atoms with van der Waals surface area (Å²) in [4.78, 5) is 27.5. The summed E-state index contributed by atoms with van der Waals surface area (Å²) < 4.78 is 0. The first kappa shape index (κ1) is 16.3. The second-order valence-electron chi connectivity index (χ2n) is 4.84. The number of nitrogens with zero attached hydrogens (tertiary/aromatic N) is 1. The van der Waals surface area contributed by atoms with Gasteiger partial charge in [-0.3, -0.25) is 4.79 Å². The number of rotatable bonds is 3. The van der Waals surface area contributed by atoms with Crippen molar-refractivity contribution in [1.29, 1.82) is 0 Å². The molecule has 0 radical (unpaired) electrons. The van der Waals surface area contributed by atoms with Crippen LogP contribution in [-0.2, 0) is 4.79 Å². The second kappa shape index (κ2) is 6.90. The van der Waals surface area contributed by atoms with Crippen molar-refractivity contribution < 1.29 is 14.7 Å². The molecule has 1 aliphatic rings. The molecule has 2 aromatic rings. The number of carboxylic acids is 1. The van der Waals surface area contributed by atoms with Gasteiger partial charge >= 0.3 is 0 Å². The second-order valence-corrected chi connectivity index (χ2v) is 6.28. The summed E-state index contributed by atoms with van der Waals surface area (Å²) in [6, 6.07) is 13.1. The summed E-state index contributed by atoms with van der Waals surface area (Å²) in [5, 5.41) is 14.3. The number of thioether (sulfide) groups is 1. The van der Waals surface area contributed by atoms with E-state index in [1.54, 1.807) is 36.4 Å². The smallest absolute Gasteiger partial charge is 0.264 e. The van der Waals surface area contributed by atoms with Gasteiger partial charge in [0.15, 0.2) is 5.17 Å². The molecule has 120 valence electrons. The number of hydrogen-bond donors (Lipinski definition) is 1. The van der Waals surface area contributed by atoms with Crippen LogP contribution >= 0.6 is 23.4 Å². The van der Waals surface area contributed by atoms with Crippen LogP contribution in [0.2, 0.25) is 5.02 Å². The van der Waals surface area contributed by atoms with E-state index >= 15 is 0 Å². The number of hydrogen-bond acceptors (Lipinski definition) is 5. The average molecular weight is 358 g/mol. The molecule has 2 aromatic carbocycles. The monoisotopic (exact) mass is 357 g/mol. The van der Waals surface area contributed by atoms with Crippen LogP contribution in [-0.4, -0.2) is 17.0 Å². The molecule has 0 bridgehead atoms. The van der Waals surface area contributed by atoms with Crippen molar-refractivity contribution in [2.45, 2.75) is 0 Å². The summed E-state index contributed by atoms with van der Waals surface area (Å²) in [6.45, 7) is 0. The number of para-hydroxylation sites is 1. The minimum Gasteiger partial charge on any atom is -0.545 e. The fourth-order valence-electron chi connectivity index (χ4n) is 2.00. The zero-order valence-corrected chi connectivity index (χ0v) is 13.7. The predicted molar refractivity (Wildman–Crippen MR) is 93.0 cm³/mol. The molecule has 0 aliphatic carbocycles. The number of carbonyl (C=O) groups excluding carboxylic acids is 2. The average Bonchev–Trinajstić information content (AvgIpc) is 2.90. The highest BCUT2D eigenvalue weighted by molar-refractivity contribution is 8.18. The normalized spacial score (nSPS) is 17.3. The molecule has 1 amide bonds. The van der Waals surface area contributed by atoms with Crippen molar-refractivity contribution in [1.82, 2.24) is 5.32 Å². The van der Waals surface area contributed by atoms with Crippen LogP contribution in [0.3, 0.4) is 0 Å². The zero-order chi connectivity index (χ0) is 17.1. The summed E-state index contributed by atoms with van der Waals surface area (Å²) in [6.07, 6.45) is 1.66. The van der Waals surface area contributed by atoms with Gasteiger partial charge in [-0.05, 0) is 41.1 Å². The Labute approximate surface area is 147 Å². The lowest BCUT2D eigenvalue weighted by Gasteiger charge is -2.02. The Kier molecular flexibility index (Phi) is 4.69. The van der Waals surface area contributed by atoms with Crippen LogP contribution in [0.1, 0.15) is 15.9 Å². The molecule has 0 atom stereocenters. The minimum atomic E-state index is -1.24. The number of benzene rings is 2. The Balaban J connectivity index is 1.82. The number of aromatic carboxylic acids is 1. The molecule has 1 aliphatic heterocycles. The van der Waals surface area contributed by atoms with Gasteiger partial charge in [-0.1, -0.05) is 48.0 Å². The van der Waals surface area contributed by atoms with Gasteiger partial charge in [-0.15, -0.1) is 0 Å². The molecule has 5 nitrogen and oxygen atoms in total. The summed E-state index contributed by atoms with van der Waals surface area (Å²) in [5.74, 6) is -1.51. The molecular formula is C17H10ClN2O3S-. The summed E-state index contributed by atoms with van der Waals surface area (Å²) >= 11 is 7.24. The minimum absolute atomic E-state index is 0.0849. The molecule has 0 unspecified atom stereocenters. The van der Waals surface area contributed by atoms with E-state index in [0.717, 1.165) is 0 Å². The molecule has 7 heteroatoms. The molecule has 1 N–H and O–H groups in total. The number of halogens is 1. The molecule has 1 fully saturated rings. The number of carbonyl (C=O) groups is 2. The van der Waals surface area contributed by atoms with Crippen molar-refractivity contribution in [2.24, 2.45) is 4.99 Å². The Morgan fingerprint density at radius 1 is 1.17 bits per heavy atom. The number of aliphatic imine (C=N–C) groups is 1. The maximum absolute atomic E-state index is 12.0. The summed E-state index contributed by atoms with van der Waals surface area (Å²) in [7, 11) is 0. The molecule has 24 heavy (non-hydrogen) atoms. The molecular weight excluding hydrogens is 348 g/mol. The van der Waals surface area contributed by atoms with Crippen LogP contribution in [0.5, 0.6) is 0 Å². The molecule has 0 aromatic heterocycles. The lowest BCUT2D eigenvalue weighted by molar-refractivity contribution is -0.255. The van der Waals surface area contributed by atoms with Crippen LogP contribution < -0.4 is 10.4 Å². The third-order valence-corrected chi connectivity index (χ3v) is 4.40. The summed E-state index contributed by atoms with van der Waals surface area (Å²) in [5.41, 5.74) is 1.36. The third kappa shape index (κ3) is 3.67. The maximum atomic E-state index is 12.0. The van der Waals surface area contributed by atoms with Gasteiger partial charge in [0.2, 0.25) is 0 Å². The van der Waals surface area contributed by atoms with Crippen LogP contribution in [0.15, 0.2) is 58.4 Å².